The zero-order valence-corrected chi connectivity index (χ0v) is 8.28. The average Bonchev–Trinajstić information content (AvgIpc) is 1.90. The van der Waals surface area contributed by atoms with Crippen LogP contribution in [0.15, 0.2) is 36.5 Å². The first kappa shape index (κ1) is 12.9. The van der Waals surface area contributed by atoms with Gasteiger partial charge in [-0.25, -0.2) is 0 Å². The summed E-state index contributed by atoms with van der Waals surface area (Å²) >= 11 is 0. The van der Waals surface area contributed by atoms with Gasteiger partial charge in [0, 0.05) is 0 Å². The molecular formula is C11H20. The van der Waals surface area contributed by atoms with Crippen molar-refractivity contribution >= 4 is 0 Å². The van der Waals surface area contributed by atoms with Crippen LogP contribution in [0, 0.1) is 0 Å². The summed E-state index contributed by atoms with van der Waals surface area (Å²) in [6.45, 7) is 15.6. The highest BCUT2D eigenvalue weighted by Gasteiger charge is 1.82. The van der Waals surface area contributed by atoms with Gasteiger partial charge in [0.1, 0.15) is 0 Å². The molecule has 0 aliphatic rings. The van der Waals surface area contributed by atoms with E-state index in [0.29, 0.717) is 0 Å². The van der Waals surface area contributed by atoms with Crippen molar-refractivity contribution < 1.29 is 0 Å². The van der Waals surface area contributed by atoms with Gasteiger partial charge in [-0.3, -0.25) is 0 Å². The summed E-state index contributed by atoms with van der Waals surface area (Å²) in [5.41, 5.74) is 2.30. The van der Waals surface area contributed by atoms with Gasteiger partial charge >= 0.3 is 0 Å². The summed E-state index contributed by atoms with van der Waals surface area (Å²) < 4.78 is 0. The molecule has 0 nitrogen and oxygen atoms in total. The Balaban J connectivity index is 0. The van der Waals surface area contributed by atoms with Gasteiger partial charge in [-0.15, -0.1) is 0 Å². The normalized spacial score (nSPS) is 9.64. The third-order valence-electron chi connectivity index (χ3n) is 1.04. The van der Waals surface area contributed by atoms with E-state index in [1.165, 1.54) is 12.0 Å². The number of allylic oxidation sites excluding steroid dienone is 4. The lowest BCUT2D eigenvalue weighted by atomic mass is 10.1. The molecule has 0 heteroatoms. The van der Waals surface area contributed by atoms with Crippen LogP contribution in [-0.4, -0.2) is 0 Å². The molecule has 0 bridgehead atoms. The number of hydrogen-bond acceptors (Lipinski definition) is 0. The maximum atomic E-state index is 3.76. The second-order valence-electron chi connectivity index (χ2n) is 2.57. The van der Waals surface area contributed by atoms with E-state index < -0.39 is 0 Å². The van der Waals surface area contributed by atoms with Crippen LogP contribution < -0.4 is 0 Å². The maximum absolute atomic E-state index is 3.76. The molecule has 0 aromatic heterocycles. The standard InChI is InChI=1S/C8H12.C3H8/c1-5-6-8(4)7(2)3;1-3-2/h5-6H,1-2H2,3-4H3;3H2,1-2H3/b8-6+;. The smallest absolute Gasteiger partial charge is 0.0395 e. The molecule has 11 heavy (non-hydrogen) atoms. The van der Waals surface area contributed by atoms with Gasteiger partial charge in [-0.05, 0) is 19.4 Å². The van der Waals surface area contributed by atoms with Crippen LogP contribution in [0.1, 0.15) is 34.1 Å². The van der Waals surface area contributed by atoms with Crippen molar-refractivity contribution in [3.05, 3.63) is 36.5 Å². The molecule has 0 rings (SSSR count). The largest absolute Gasteiger partial charge is 0.0991 e. The summed E-state index contributed by atoms with van der Waals surface area (Å²) in [6, 6.07) is 0. The lowest BCUT2D eigenvalue weighted by Crippen LogP contribution is -1.72. The molecule has 0 N–H and O–H groups in total. The van der Waals surface area contributed by atoms with Gasteiger partial charge in [-0.1, -0.05) is 51.2 Å². The van der Waals surface area contributed by atoms with E-state index in [4.69, 9.17) is 0 Å². The molecule has 0 fully saturated rings. The topological polar surface area (TPSA) is 0 Å². The fraction of sp³-hybridized carbons (Fsp3) is 0.455. The highest BCUT2D eigenvalue weighted by molar-refractivity contribution is 5.26. The van der Waals surface area contributed by atoms with Gasteiger partial charge in [0.15, 0.2) is 0 Å². The number of rotatable bonds is 2. The van der Waals surface area contributed by atoms with E-state index in [2.05, 4.69) is 27.0 Å². The van der Waals surface area contributed by atoms with E-state index in [1.54, 1.807) is 6.08 Å². The van der Waals surface area contributed by atoms with Crippen LogP contribution in [0.3, 0.4) is 0 Å². The molecule has 0 aliphatic carbocycles. The fourth-order valence-corrected chi connectivity index (χ4v) is 0.319. The van der Waals surface area contributed by atoms with Gasteiger partial charge in [-0.2, -0.15) is 0 Å². The summed E-state index contributed by atoms with van der Waals surface area (Å²) in [5.74, 6) is 0. The third-order valence-corrected chi connectivity index (χ3v) is 1.04. The lowest BCUT2D eigenvalue weighted by molar-refractivity contribution is 1.09. The summed E-state index contributed by atoms with van der Waals surface area (Å²) in [7, 11) is 0. The van der Waals surface area contributed by atoms with Crippen molar-refractivity contribution in [2.45, 2.75) is 34.1 Å². The second-order valence-corrected chi connectivity index (χ2v) is 2.57. The number of hydrogen-bond donors (Lipinski definition) is 0. The van der Waals surface area contributed by atoms with Gasteiger partial charge in [0.25, 0.3) is 0 Å². The maximum Gasteiger partial charge on any atom is -0.0395 e. The Kier molecular flexibility index (Phi) is 10.8. The molecular weight excluding hydrogens is 132 g/mol. The Hall–Kier alpha value is -0.780. The second kappa shape index (κ2) is 9.22. The van der Waals surface area contributed by atoms with Gasteiger partial charge < -0.3 is 0 Å². The van der Waals surface area contributed by atoms with Crippen LogP contribution in [0.4, 0.5) is 0 Å². The van der Waals surface area contributed by atoms with Crippen molar-refractivity contribution in [1.82, 2.24) is 0 Å². The van der Waals surface area contributed by atoms with Gasteiger partial charge in [0.2, 0.25) is 0 Å². The van der Waals surface area contributed by atoms with Crippen molar-refractivity contribution in [2.24, 2.45) is 0 Å². The van der Waals surface area contributed by atoms with E-state index in [9.17, 15) is 0 Å². The van der Waals surface area contributed by atoms with E-state index in [0.717, 1.165) is 5.57 Å². The quantitative estimate of drug-likeness (QED) is 0.522. The van der Waals surface area contributed by atoms with Crippen molar-refractivity contribution in [3.63, 3.8) is 0 Å². The molecule has 0 aromatic rings. The first-order valence-corrected chi connectivity index (χ1v) is 4.05. The predicted molar refractivity (Wildman–Crippen MR) is 54.7 cm³/mol. The molecule has 0 amide bonds. The third kappa shape index (κ3) is 12.4. The van der Waals surface area contributed by atoms with Crippen LogP contribution in [-0.2, 0) is 0 Å². The van der Waals surface area contributed by atoms with Crippen LogP contribution in [0.25, 0.3) is 0 Å². The highest BCUT2D eigenvalue weighted by atomic mass is 13.9. The molecule has 0 saturated carbocycles. The first-order valence-electron chi connectivity index (χ1n) is 4.05. The Morgan fingerprint density at radius 3 is 1.73 bits per heavy atom. The molecule has 0 spiro atoms. The lowest BCUT2D eigenvalue weighted by Gasteiger charge is -1.92. The first-order chi connectivity index (χ1) is 5.09. The van der Waals surface area contributed by atoms with Crippen LogP contribution in [0.5, 0.6) is 0 Å². The minimum Gasteiger partial charge on any atom is -0.0991 e. The summed E-state index contributed by atoms with van der Waals surface area (Å²) in [5, 5.41) is 0. The minimum absolute atomic E-state index is 1.10. The van der Waals surface area contributed by atoms with E-state index in [1.807, 2.05) is 19.9 Å². The Morgan fingerprint density at radius 2 is 1.64 bits per heavy atom. The Bertz CT molecular complexity index is 138. The molecule has 0 aromatic carbocycles. The Morgan fingerprint density at radius 1 is 1.27 bits per heavy atom. The van der Waals surface area contributed by atoms with Gasteiger partial charge in [0.05, 0.1) is 0 Å². The van der Waals surface area contributed by atoms with Crippen molar-refractivity contribution in [3.8, 4) is 0 Å². The highest BCUT2D eigenvalue weighted by Crippen LogP contribution is 2.03. The zero-order valence-electron chi connectivity index (χ0n) is 8.28. The SMILES string of the molecule is C=C/C=C(\C)C(=C)C.CCC. The molecule has 64 valence electrons. The molecule has 0 saturated heterocycles. The van der Waals surface area contributed by atoms with Crippen LogP contribution in [0.2, 0.25) is 0 Å². The van der Waals surface area contributed by atoms with Crippen LogP contribution >= 0.6 is 0 Å². The summed E-state index contributed by atoms with van der Waals surface area (Å²) in [6.07, 6.45) is 4.96. The summed E-state index contributed by atoms with van der Waals surface area (Å²) in [4.78, 5) is 0. The average molecular weight is 152 g/mol. The monoisotopic (exact) mass is 152 g/mol. The molecule has 0 atom stereocenters. The molecule has 0 radical (unpaired) electrons. The Labute approximate surface area is 71.3 Å². The molecule has 0 aliphatic heterocycles. The predicted octanol–water partition coefficient (Wildman–Crippen LogP) is 4.11. The molecule has 0 heterocycles. The van der Waals surface area contributed by atoms with Crippen molar-refractivity contribution in [1.29, 1.82) is 0 Å². The minimum atomic E-state index is 1.10. The molecule has 0 unspecified atom stereocenters. The zero-order chi connectivity index (χ0) is 9.28. The van der Waals surface area contributed by atoms with Crippen molar-refractivity contribution in [2.75, 3.05) is 0 Å². The van der Waals surface area contributed by atoms with E-state index >= 15 is 0 Å². The fourth-order valence-electron chi connectivity index (χ4n) is 0.319. The van der Waals surface area contributed by atoms with E-state index in [-0.39, 0.29) is 0 Å².